The third-order valence-electron chi connectivity index (χ3n) is 5.44. The molecule has 2 aromatic heterocycles. The molecular weight excluding hydrogens is 376 g/mol. The fourth-order valence-corrected chi connectivity index (χ4v) is 3.72. The van der Waals surface area contributed by atoms with Gasteiger partial charge in [0.15, 0.2) is 17.3 Å². The SMILES string of the molecule is CCOc1ccccc1OC1CCN(c2nc(-c3ccccn3)nc(C)c2C)CC1. The third kappa shape index (κ3) is 4.37. The Bertz CT molecular complexity index is 986. The normalized spacial score (nSPS) is 14.6. The molecule has 0 amide bonds. The number of para-hydroxylation sites is 2. The second kappa shape index (κ2) is 9.11. The van der Waals surface area contributed by atoms with Crippen molar-refractivity contribution in [2.24, 2.45) is 0 Å². The summed E-state index contributed by atoms with van der Waals surface area (Å²) in [6, 6.07) is 13.7. The standard InChI is InChI=1S/C24H28N4O2/c1-4-29-21-10-5-6-11-22(21)30-19-12-15-28(16-13-19)24-17(2)18(3)26-23(27-24)20-9-7-8-14-25-20/h5-11,14,19H,4,12-13,15-16H2,1-3H3. The van der Waals surface area contributed by atoms with Crippen molar-refractivity contribution in [2.75, 3.05) is 24.6 Å². The van der Waals surface area contributed by atoms with E-state index in [9.17, 15) is 0 Å². The molecule has 6 heteroatoms. The topological polar surface area (TPSA) is 60.4 Å². The Labute approximate surface area is 177 Å². The van der Waals surface area contributed by atoms with E-state index in [1.165, 1.54) is 0 Å². The lowest BCUT2D eigenvalue weighted by molar-refractivity contribution is 0.162. The second-order valence-corrected chi connectivity index (χ2v) is 7.48. The lowest BCUT2D eigenvalue weighted by Crippen LogP contribution is -2.39. The van der Waals surface area contributed by atoms with Gasteiger partial charge in [-0.3, -0.25) is 4.98 Å². The molecule has 1 aromatic carbocycles. The summed E-state index contributed by atoms with van der Waals surface area (Å²) in [7, 11) is 0. The van der Waals surface area contributed by atoms with Gasteiger partial charge in [0.2, 0.25) is 0 Å². The van der Waals surface area contributed by atoms with Gasteiger partial charge in [0.25, 0.3) is 0 Å². The van der Waals surface area contributed by atoms with E-state index in [0.29, 0.717) is 12.4 Å². The van der Waals surface area contributed by atoms with Gasteiger partial charge in [-0.2, -0.15) is 0 Å². The van der Waals surface area contributed by atoms with E-state index < -0.39 is 0 Å². The minimum Gasteiger partial charge on any atom is -0.490 e. The monoisotopic (exact) mass is 404 g/mol. The number of pyridine rings is 1. The van der Waals surface area contributed by atoms with E-state index in [0.717, 1.165) is 60.2 Å². The van der Waals surface area contributed by atoms with Gasteiger partial charge >= 0.3 is 0 Å². The van der Waals surface area contributed by atoms with E-state index >= 15 is 0 Å². The smallest absolute Gasteiger partial charge is 0.180 e. The van der Waals surface area contributed by atoms with E-state index in [4.69, 9.17) is 14.5 Å². The molecule has 0 saturated carbocycles. The van der Waals surface area contributed by atoms with Crippen LogP contribution in [0, 0.1) is 13.8 Å². The molecular formula is C24H28N4O2. The molecule has 1 aliphatic heterocycles. The van der Waals surface area contributed by atoms with Gasteiger partial charge in [-0.15, -0.1) is 0 Å². The van der Waals surface area contributed by atoms with Gasteiger partial charge in [-0.25, -0.2) is 9.97 Å². The zero-order valence-electron chi connectivity index (χ0n) is 17.8. The fraction of sp³-hybridized carbons (Fsp3) is 0.375. The van der Waals surface area contributed by atoms with Crippen LogP contribution in [0.3, 0.4) is 0 Å². The molecule has 1 aliphatic rings. The first-order valence-corrected chi connectivity index (χ1v) is 10.6. The molecule has 4 rings (SSSR count). The number of hydrogen-bond donors (Lipinski definition) is 0. The Morgan fingerprint density at radius 3 is 2.40 bits per heavy atom. The van der Waals surface area contributed by atoms with Crippen molar-refractivity contribution >= 4 is 5.82 Å². The number of aromatic nitrogens is 3. The molecule has 6 nitrogen and oxygen atoms in total. The summed E-state index contributed by atoms with van der Waals surface area (Å²) in [6.45, 7) is 8.52. The third-order valence-corrected chi connectivity index (χ3v) is 5.44. The summed E-state index contributed by atoms with van der Waals surface area (Å²) in [4.78, 5) is 16.3. The van der Waals surface area contributed by atoms with E-state index in [2.05, 4.69) is 21.8 Å². The lowest BCUT2D eigenvalue weighted by Gasteiger charge is -2.34. The maximum atomic E-state index is 6.28. The van der Waals surface area contributed by atoms with Crippen LogP contribution in [0.15, 0.2) is 48.7 Å². The number of ether oxygens (including phenoxy) is 2. The number of nitrogens with zero attached hydrogens (tertiary/aromatic N) is 4. The molecule has 0 spiro atoms. The van der Waals surface area contributed by atoms with Crippen molar-refractivity contribution in [3.8, 4) is 23.0 Å². The minimum atomic E-state index is 0.168. The summed E-state index contributed by atoms with van der Waals surface area (Å²) in [6.07, 6.45) is 3.81. The number of benzene rings is 1. The Morgan fingerprint density at radius 1 is 0.967 bits per heavy atom. The highest BCUT2D eigenvalue weighted by atomic mass is 16.5. The van der Waals surface area contributed by atoms with Crippen LogP contribution in [0.25, 0.3) is 11.5 Å². The van der Waals surface area contributed by atoms with Crippen LogP contribution in [-0.4, -0.2) is 40.8 Å². The quantitative estimate of drug-likeness (QED) is 0.598. The summed E-state index contributed by atoms with van der Waals surface area (Å²) in [5.41, 5.74) is 2.91. The highest BCUT2D eigenvalue weighted by Gasteiger charge is 2.24. The summed E-state index contributed by atoms with van der Waals surface area (Å²) >= 11 is 0. The zero-order valence-corrected chi connectivity index (χ0v) is 17.8. The van der Waals surface area contributed by atoms with Crippen LogP contribution in [0.1, 0.15) is 31.0 Å². The van der Waals surface area contributed by atoms with E-state index in [-0.39, 0.29) is 6.10 Å². The highest BCUT2D eigenvalue weighted by molar-refractivity contribution is 5.57. The second-order valence-electron chi connectivity index (χ2n) is 7.48. The van der Waals surface area contributed by atoms with Gasteiger partial charge in [0.1, 0.15) is 17.6 Å². The molecule has 156 valence electrons. The van der Waals surface area contributed by atoms with Gasteiger partial charge in [0.05, 0.1) is 6.61 Å². The number of piperidine rings is 1. The highest BCUT2D eigenvalue weighted by Crippen LogP contribution is 2.31. The molecule has 0 aliphatic carbocycles. The van der Waals surface area contributed by atoms with Crippen LogP contribution in [-0.2, 0) is 0 Å². The van der Waals surface area contributed by atoms with Crippen LogP contribution in [0.4, 0.5) is 5.82 Å². The maximum Gasteiger partial charge on any atom is 0.180 e. The van der Waals surface area contributed by atoms with Gasteiger partial charge in [-0.1, -0.05) is 18.2 Å². The Morgan fingerprint density at radius 2 is 1.70 bits per heavy atom. The molecule has 0 atom stereocenters. The molecule has 30 heavy (non-hydrogen) atoms. The molecule has 1 saturated heterocycles. The Kier molecular flexibility index (Phi) is 6.12. The van der Waals surface area contributed by atoms with Crippen LogP contribution in [0.2, 0.25) is 0 Å². The molecule has 3 aromatic rings. The van der Waals surface area contributed by atoms with E-state index in [1.54, 1.807) is 6.20 Å². The molecule has 0 unspecified atom stereocenters. The average Bonchev–Trinajstić information content (AvgIpc) is 2.78. The first-order valence-electron chi connectivity index (χ1n) is 10.6. The van der Waals surface area contributed by atoms with Crippen molar-refractivity contribution in [3.05, 3.63) is 59.9 Å². The summed E-state index contributed by atoms with van der Waals surface area (Å²) < 4.78 is 12.0. The van der Waals surface area contributed by atoms with E-state index in [1.807, 2.05) is 56.3 Å². The Balaban J connectivity index is 1.47. The van der Waals surface area contributed by atoms with Crippen molar-refractivity contribution in [1.82, 2.24) is 15.0 Å². The van der Waals surface area contributed by atoms with Gasteiger partial charge < -0.3 is 14.4 Å². The molecule has 0 N–H and O–H groups in total. The predicted octanol–water partition coefficient (Wildman–Crippen LogP) is 4.60. The Hall–Kier alpha value is -3.15. The number of rotatable bonds is 6. The van der Waals surface area contributed by atoms with Crippen LogP contribution < -0.4 is 14.4 Å². The largest absolute Gasteiger partial charge is 0.490 e. The van der Waals surface area contributed by atoms with Crippen molar-refractivity contribution < 1.29 is 9.47 Å². The zero-order chi connectivity index (χ0) is 20.9. The first-order chi connectivity index (χ1) is 14.7. The summed E-state index contributed by atoms with van der Waals surface area (Å²) in [5, 5.41) is 0. The predicted molar refractivity (Wildman–Crippen MR) is 118 cm³/mol. The molecule has 0 bridgehead atoms. The molecule has 3 heterocycles. The van der Waals surface area contributed by atoms with Crippen LogP contribution in [0.5, 0.6) is 11.5 Å². The minimum absolute atomic E-state index is 0.168. The molecule has 0 radical (unpaired) electrons. The lowest BCUT2D eigenvalue weighted by atomic mass is 10.1. The van der Waals surface area contributed by atoms with Gasteiger partial charge in [0, 0.05) is 43.4 Å². The fourth-order valence-electron chi connectivity index (χ4n) is 3.72. The number of anilines is 1. The molecule has 1 fully saturated rings. The summed E-state index contributed by atoms with van der Waals surface area (Å²) in [5.74, 6) is 3.31. The van der Waals surface area contributed by atoms with Crippen LogP contribution >= 0.6 is 0 Å². The van der Waals surface area contributed by atoms with Crippen molar-refractivity contribution in [3.63, 3.8) is 0 Å². The average molecular weight is 405 g/mol. The van der Waals surface area contributed by atoms with Crippen molar-refractivity contribution in [1.29, 1.82) is 0 Å². The maximum absolute atomic E-state index is 6.28. The van der Waals surface area contributed by atoms with Crippen molar-refractivity contribution in [2.45, 2.75) is 39.7 Å². The van der Waals surface area contributed by atoms with Gasteiger partial charge in [-0.05, 0) is 45.0 Å². The number of aryl methyl sites for hydroxylation is 1. The number of hydrogen-bond acceptors (Lipinski definition) is 6. The first kappa shape index (κ1) is 20.1.